The minimum absolute atomic E-state index is 0.245. The van der Waals surface area contributed by atoms with Crippen LogP contribution in [-0.4, -0.2) is 35.7 Å². The number of primary amides is 1. The average molecular weight is 390 g/mol. The maximum Gasteiger partial charge on any atom is 0.247 e. The number of hydrogen-bond acceptors (Lipinski definition) is 6. The molecule has 0 aliphatic carbocycles. The predicted octanol–water partition coefficient (Wildman–Crippen LogP) is -0.800. The Labute approximate surface area is 163 Å². The molecule has 10 nitrogen and oxygen atoms in total. The lowest BCUT2D eigenvalue weighted by molar-refractivity contribution is -0.132. The van der Waals surface area contributed by atoms with Gasteiger partial charge in [-0.15, -0.1) is 0 Å². The Balaban J connectivity index is 3.07. The van der Waals surface area contributed by atoms with Gasteiger partial charge in [0, 0.05) is 12.6 Å². The van der Waals surface area contributed by atoms with Crippen LogP contribution in [0.5, 0.6) is 0 Å². The lowest BCUT2D eigenvalue weighted by atomic mass is 10.0. The van der Waals surface area contributed by atoms with Gasteiger partial charge in [-0.25, -0.2) is 0 Å². The zero-order valence-corrected chi connectivity index (χ0v) is 16.0. The second-order valence-electron chi connectivity index (χ2n) is 6.27. The fourth-order valence-corrected chi connectivity index (χ4v) is 2.25. The van der Waals surface area contributed by atoms with Crippen molar-refractivity contribution in [3.63, 3.8) is 0 Å². The fourth-order valence-electron chi connectivity index (χ4n) is 2.25. The Morgan fingerprint density at radius 1 is 0.893 bits per heavy atom. The molecule has 0 spiro atoms. The number of anilines is 1. The Hall–Kier alpha value is -3.56. The largest absolute Gasteiger partial charge is 0.386 e. The minimum atomic E-state index is -1.11. The van der Waals surface area contributed by atoms with Crippen LogP contribution in [0.1, 0.15) is 32.4 Å². The first kappa shape index (κ1) is 22.5. The van der Waals surface area contributed by atoms with Crippen LogP contribution in [0, 0.1) is 0 Å². The number of benzene rings is 1. The molecule has 0 bridgehead atoms. The molecule has 0 radical (unpaired) electrons. The number of carbonyl (C=O) groups excluding carboxylic acids is 4. The standard InChI is InChI=1S/C18H26N6O4/c1-9(16(20)26)22-18(28)15(24-17(27)10(2)21-12(4)25)13-5-7-14(8-6-13)23-11(3)19/h5-10,15,23H,3,19H2,1-2,4H3,(H2,20,26)(H,21,25)(H,22,28)(H,24,27)/t9-,10-,15-/m0/s1. The van der Waals surface area contributed by atoms with E-state index in [1.54, 1.807) is 24.3 Å². The summed E-state index contributed by atoms with van der Waals surface area (Å²) >= 11 is 0. The lowest BCUT2D eigenvalue weighted by Crippen LogP contribution is -2.51. The molecule has 28 heavy (non-hydrogen) atoms. The number of nitrogens with two attached hydrogens (primary N) is 2. The molecule has 0 saturated carbocycles. The summed E-state index contributed by atoms with van der Waals surface area (Å²) in [5.74, 6) is -2.05. The van der Waals surface area contributed by atoms with Crippen LogP contribution in [-0.2, 0) is 19.2 Å². The second-order valence-corrected chi connectivity index (χ2v) is 6.27. The normalized spacial score (nSPS) is 13.4. The quantitative estimate of drug-likeness (QED) is 0.322. The number of amides is 4. The highest BCUT2D eigenvalue weighted by Gasteiger charge is 2.27. The van der Waals surface area contributed by atoms with Gasteiger partial charge >= 0.3 is 0 Å². The van der Waals surface area contributed by atoms with E-state index >= 15 is 0 Å². The van der Waals surface area contributed by atoms with Crippen molar-refractivity contribution >= 4 is 29.3 Å². The molecular weight excluding hydrogens is 364 g/mol. The first-order valence-electron chi connectivity index (χ1n) is 8.49. The van der Waals surface area contributed by atoms with E-state index in [0.29, 0.717) is 11.3 Å². The summed E-state index contributed by atoms with van der Waals surface area (Å²) in [5, 5.41) is 10.3. The van der Waals surface area contributed by atoms with E-state index in [0.717, 1.165) is 0 Å². The summed E-state index contributed by atoms with van der Waals surface area (Å²) in [4.78, 5) is 47.4. The third kappa shape index (κ3) is 6.98. The second kappa shape index (κ2) is 9.95. The van der Waals surface area contributed by atoms with Crippen molar-refractivity contribution in [3.05, 3.63) is 42.2 Å². The lowest BCUT2D eigenvalue weighted by Gasteiger charge is -2.23. The van der Waals surface area contributed by atoms with E-state index in [4.69, 9.17) is 11.5 Å². The summed E-state index contributed by atoms with van der Waals surface area (Å²) in [6.07, 6.45) is 0. The molecule has 1 aromatic carbocycles. The molecule has 0 saturated heterocycles. The van der Waals surface area contributed by atoms with Crippen molar-refractivity contribution in [3.8, 4) is 0 Å². The molecule has 8 N–H and O–H groups in total. The van der Waals surface area contributed by atoms with Crippen LogP contribution in [0.15, 0.2) is 36.7 Å². The van der Waals surface area contributed by atoms with Gasteiger partial charge in [-0.2, -0.15) is 0 Å². The molecule has 152 valence electrons. The number of rotatable bonds is 9. The topological polar surface area (TPSA) is 168 Å². The Morgan fingerprint density at radius 2 is 1.46 bits per heavy atom. The molecule has 0 heterocycles. The van der Waals surface area contributed by atoms with E-state index in [9.17, 15) is 19.2 Å². The molecule has 0 fully saturated rings. The van der Waals surface area contributed by atoms with Crippen molar-refractivity contribution in [2.45, 2.75) is 38.9 Å². The fraction of sp³-hybridized carbons (Fsp3) is 0.333. The molecule has 10 heteroatoms. The van der Waals surface area contributed by atoms with Crippen molar-refractivity contribution in [1.82, 2.24) is 16.0 Å². The minimum Gasteiger partial charge on any atom is -0.386 e. The smallest absolute Gasteiger partial charge is 0.247 e. The van der Waals surface area contributed by atoms with Crippen LogP contribution in [0.25, 0.3) is 0 Å². The molecule has 1 aromatic rings. The Kier molecular flexibility index (Phi) is 7.99. The van der Waals surface area contributed by atoms with Crippen LogP contribution in [0.3, 0.4) is 0 Å². The molecule has 1 rings (SSSR count). The SMILES string of the molecule is C=C(N)Nc1ccc([C@H](NC(=O)[C@H](C)NC(C)=O)C(=O)N[C@@H](C)C(N)=O)cc1. The van der Waals surface area contributed by atoms with Gasteiger partial charge in [0.25, 0.3) is 0 Å². The van der Waals surface area contributed by atoms with E-state index in [1.165, 1.54) is 20.8 Å². The highest BCUT2D eigenvalue weighted by atomic mass is 16.2. The van der Waals surface area contributed by atoms with Crippen LogP contribution in [0.4, 0.5) is 5.69 Å². The van der Waals surface area contributed by atoms with E-state index in [-0.39, 0.29) is 11.7 Å². The summed E-state index contributed by atoms with van der Waals surface area (Å²) in [6, 6.07) is 3.61. The van der Waals surface area contributed by atoms with Crippen molar-refractivity contribution in [2.24, 2.45) is 11.5 Å². The summed E-state index contributed by atoms with van der Waals surface area (Å²) < 4.78 is 0. The average Bonchev–Trinajstić information content (AvgIpc) is 2.58. The summed E-state index contributed by atoms with van der Waals surface area (Å²) in [6.45, 7) is 7.73. The first-order valence-corrected chi connectivity index (χ1v) is 8.49. The van der Waals surface area contributed by atoms with Gasteiger partial charge in [0.15, 0.2) is 0 Å². The maximum absolute atomic E-state index is 12.6. The summed E-state index contributed by atoms with van der Waals surface area (Å²) in [7, 11) is 0. The highest BCUT2D eigenvalue weighted by molar-refractivity contribution is 5.94. The zero-order valence-electron chi connectivity index (χ0n) is 16.0. The molecular formula is C18H26N6O4. The predicted molar refractivity (Wildman–Crippen MR) is 104 cm³/mol. The first-order chi connectivity index (χ1) is 13.0. The molecule has 0 aliphatic rings. The molecule has 0 aliphatic heterocycles. The Morgan fingerprint density at radius 3 is 1.93 bits per heavy atom. The number of hydrogen-bond donors (Lipinski definition) is 6. The van der Waals surface area contributed by atoms with Crippen molar-refractivity contribution < 1.29 is 19.2 Å². The van der Waals surface area contributed by atoms with Gasteiger partial charge in [0.1, 0.15) is 18.1 Å². The van der Waals surface area contributed by atoms with Gasteiger partial charge in [0.2, 0.25) is 23.6 Å². The molecule has 4 amide bonds. The Bertz CT molecular complexity index is 762. The number of nitrogens with one attached hydrogen (secondary N) is 4. The molecule has 3 atom stereocenters. The van der Waals surface area contributed by atoms with Gasteiger partial charge in [-0.1, -0.05) is 18.7 Å². The van der Waals surface area contributed by atoms with Gasteiger partial charge in [-0.05, 0) is 31.5 Å². The monoisotopic (exact) mass is 390 g/mol. The third-order valence-electron chi connectivity index (χ3n) is 3.70. The van der Waals surface area contributed by atoms with E-state index < -0.39 is 35.8 Å². The van der Waals surface area contributed by atoms with Crippen molar-refractivity contribution in [2.75, 3.05) is 5.32 Å². The zero-order chi connectivity index (χ0) is 21.4. The van der Waals surface area contributed by atoms with Crippen molar-refractivity contribution in [1.29, 1.82) is 0 Å². The third-order valence-corrected chi connectivity index (χ3v) is 3.70. The molecule has 0 unspecified atom stereocenters. The van der Waals surface area contributed by atoms with E-state index in [1.807, 2.05) is 0 Å². The van der Waals surface area contributed by atoms with Gasteiger partial charge < -0.3 is 32.7 Å². The maximum atomic E-state index is 12.6. The molecule has 0 aromatic heterocycles. The van der Waals surface area contributed by atoms with E-state index in [2.05, 4.69) is 27.8 Å². The van der Waals surface area contributed by atoms with Crippen LogP contribution in [0.2, 0.25) is 0 Å². The van der Waals surface area contributed by atoms with Gasteiger partial charge in [0.05, 0.1) is 5.82 Å². The van der Waals surface area contributed by atoms with Crippen LogP contribution < -0.4 is 32.7 Å². The number of carbonyl (C=O) groups is 4. The summed E-state index contributed by atoms with van der Waals surface area (Å²) in [5.41, 5.74) is 11.8. The highest BCUT2D eigenvalue weighted by Crippen LogP contribution is 2.18. The van der Waals surface area contributed by atoms with Crippen LogP contribution >= 0.6 is 0 Å². The van der Waals surface area contributed by atoms with Gasteiger partial charge in [-0.3, -0.25) is 19.2 Å².